The second kappa shape index (κ2) is 2.45. The van der Waals surface area contributed by atoms with Crippen LogP contribution in [0.3, 0.4) is 0 Å². The zero-order chi connectivity index (χ0) is 11.8. The smallest absolute Gasteiger partial charge is 0.399 e. The molecule has 0 radical (unpaired) electrons. The molecule has 11 heavy (non-hydrogen) atoms. The van der Waals surface area contributed by atoms with Crippen LogP contribution in [0.4, 0.5) is 18.9 Å². The molecule has 1 nitrogen and oxygen atoms in total. The molecular formula is C7H6F3N. The van der Waals surface area contributed by atoms with E-state index in [1.54, 1.807) is 0 Å². The Labute approximate surface area is 67.4 Å². The molecule has 0 unspecified atom stereocenters. The summed E-state index contributed by atoms with van der Waals surface area (Å²) in [6.07, 6.45) is -4.69. The van der Waals surface area contributed by atoms with Crippen molar-refractivity contribution in [1.82, 2.24) is 0 Å². The van der Waals surface area contributed by atoms with Crippen molar-refractivity contribution in [1.29, 1.82) is 0 Å². The zero-order valence-corrected chi connectivity index (χ0v) is 5.24. The summed E-state index contributed by atoms with van der Waals surface area (Å²) in [6, 6.07) is -0.394. The summed E-state index contributed by atoms with van der Waals surface area (Å²) in [7, 11) is 0. The van der Waals surface area contributed by atoms with E-state index < -0.39 is 23.8 Å². The quantitative estimate of drug-likeness (QED) is 0.635. The number of nitrogens with two attached hydrogens (primary N) is 1. The molecule has 0 fully saturated rings. The lowest BCUT2D eigenvalue weighted by Gasteiger charge is -2.05. The molecule has 0 aliphatic rings. The Bertz CT molecular complexity index is 377. The molecule has 4 heteroatoms. The fourth-order valence-corrected chi connectivity index (χ4v) is 0.542. The predicted molar refractivity (Wildman–Crippen MR) is 35.9 cm³/mol. The lowest BCUT2D eigenvalue weighted by Crippen LogP contribution is -2.04. The highest BCUT2D eigenvalue weighted by molar-refractivity contribution is 5.39. The zero-order valence-electron chi connectivity index (χ0n) is 9.24. The molecule has 2 N–H and O–H groups in total. The highest BCUT2D eigenvalue weighted by Crippen LogP contribution is 2.29. The van der Waals surface area contributed by atoms with E-state index in [2.05, 4.69) is 0 Å². The molecule has 0 amide bonds. The van der Waals surface area contributed by atoms with Crippen LogP contribution < -0.4 is 5.72 Å². The average Bonchev–Trinajstić information content (AvgIpc) is 2.06. The van der Waals surface area contributed by atoms with Crippen molar-refractivity contribution >= 4 is 5.69 Å². The number of rotatable bonds is 1. The molecule has 1 rings (SSSR count). The number of hydrogen-bond donors (Lipinski definition) is 1. The largest absolute Gasteiger partial charge is 0.416 e. The summed E-state index contributed by atoms with van der Waals surface area (Å²) in [5.74, 6) is 0. The highest BCUT2D eigenvalue weighted by atomic mass is 19.4. The van der Waals surface area contributed by atoms with Gasteiger partial charge in [-0.1, -0.05) is 0 Å². The highest BCUT2D eigenvalue weighted by Gasteiger charge is 2.29. The lowest BCUT2D eigenvalue weighted by atomic mass is 10.2. The molecule has 0 saturated heterocycles. The van der Waals surface area contributed by atoms with Gasteiger partial charge in [-0.05, 0) is 24.2 Å². The van der Waals surface area contributed by atoms with E-state index in [4.69, 9.17) is 5.57 Å². The van der Waals surface area contributed by atoms with E-state index in [1.807, 2.05) is 0 Å². The van der Waals surface area contributed by atoms with Gasteiger partial charge in [0.05, 0.1) is 8.30 Å². The molecule has 0 aliphatic carbocycles. The third-order valence-corrected chi connectivity index (χ3v) is 1.04. The Hall–Kier alpha value is -1.19. The fraction of sp³-hybridized carbons (Fsp3) is 0.143. The van der Waals surface area contributed by atoms with Crippen LogP contribution in [0, 0.1) is 0 Å². The van der Waals surface area contributed by atoms with E-state index in [0.717, 1.165) is 6.07 Å². The second-order valence-electron chi connectivity index (χ2n) is 1.88. The molecule has 1 aromatic rings. The Morgan fingerprint density at radius 2 is 2.09 bits per heavy atom. The van der Waals surface area contributed by atoms with Gasteiger partial charge in [-0.25, -0.2) is 0 Å². The Kier molecular flexibility index (Phi) is 0.889. The summed E-state index contributed by atoms with van der Waals surface area (Å²) >= 11 is 0. The van der Waals surface area contributed by atoms with E-state index in [9.17, 15) is 13.2 Å². The van der Waals surface area contributed by atoms with Crippen LogP contribution in [0.5, 0.6) is 0 Å². The second-order valence-corrected chi connectivity index (χ2v) is 1.88. The maximum absolute atomic E-state index is 12.3. The summed E-state index contributed by atoms with van der Waals surface area (Å²) in [6.45, 7) is 0. The fourth-order valence-electron chi connectivity index (χ4n) is 0.542. The van der Waals surface area contributed by atoms with Crippen molar-refractivity contribution in [3.63, 3.8) is 0 Å². The van der Waals surface area contributed by atoms with Crippen molar-refractivity contribution < 1.29 is 18.7 Å². The average molecular weight is 165 g/mol. The van der Waals surface area contributed by atoms with E-state index in [1.165, 1.54) is 0 Å². The number of nitrogen functional groups attached to an aromatic ring is 1. The van der Waals surface area contributed by atoms with Crippen LogP contribution in [0.2, 0.25) is 2.82 Å². The monoisotopic (exact) mass is 165 g/mol. The third-order valence-electron chi connectivity index (χ3n) is 1.04. The molecule has 0 spiro atoms. The Morgan fingerprint density at radius 1 is 1.36 bits per heavy atom. The number of benzene rings is 1. The van der Waals surface area contributed by atoms with E-state index in [0.29, 0.717) is 6.07 Å². The molecule has 0 atom stereocenters. The first-order valence-corrected chi connectivity index (χ1v) is 2.70. The van der Waals surface area contributed by atoms with Crippen molar-refractivity contribution in [2.75, 3.05) is 5.72 Å². The Morgan fingerprint density at radius 3 is 2.64 bits per heavy atom. The van der Waals surface area contributed by atoms with Gasteiger partial charge in [-0.15, -0.1) is 0 Å². The van der Waals surface area contributed by atoms with Crippen LogP contribution in [-0.4, -0.2) is 0 Å². The Balaban J connectivity index is 3.34. The normalized spacial score (nSPS) is 16.3. The van der Waals surface area contributed by atoms with E-state index >= 15 is 0 Å². The minimum atomic E-state index is -4.69. The molecule has 1 aromatic carbocycles. The standard InChI is InChI=1S/C7H6F3N/c8-7(9,10)5-1-3-6(11)4-2-5/h1-4H,11H2/i1D,3D/hD2. The van der Waals surface area contributed by atoms with Gasteiger partial charge in [-0.3, -0.25) is 0 Å². The molecule has 0 aromatic heterocycles. The van der Waals surface area contributed by atoms with Gasteiger partial charge < -0.3 is 5.72 Å². The van der Waals surface area contributed by atoms with Crippen molar-refractivity contribution in [2.24, 2.45) is 0 Å². The van der Waals surface area contributed by atoms with E-state index in [-0.39, 0.29) is 11.4 Å². The van der Waals surface area contributed by atoms with Gasteiger partial charge in [0.25, 0.3) is 0 Å². The van der Waals surface area contributed by atoms with Gasteiger partial charge >= 0.3 is 6.18 Å². The number of anilines is 1. The first-order chi connectivity index (χ1) is 6.75. The molecule has 0 saturated carbocycles. The number of halogens is 3. The lowest BCUT2D eigenvalue weighted by molar-refractivity contribution is -0.137. The number of hydrogen-bond acceptors (Lipinski definition) is 1. The van der Waals surface area contributed by atoms with Gasteiger partial charge in [0.2, 0.25) is 0 Å². The summed E-state index contributed by atoms with van der Waals surface area (Å²) in [5, 5.41) is 0. The van der Waals surface area contributed by atoms with Crippen LogP contribution in [0.15, 0.2) is 24.2 Å². The minimum absolute atomic E-state index is 0.000523. The van der Waals surface area contributed by atoms with Crippen molar-refractivity contribution in [2.45, 2.75) is 6.18 Å². The molecule has 0 aliphatic heterocycles. The summed E-state index contributed by atoms with van der Waals surface area (Å²) in [5.41, 5.74) is -1.60. The van der Waals surface area contributed by atoms with Crippen LogP contribution in [0.1, 0.15) is 8.30 Å². The first kappa shape index (κ1) is 3.99. The predicted octanol–water partition coefficient (Wildman–Crippen LogP) is 2.29. The van der Waals surface area contributed by atoms with Gasteiger partial charge in [0, 0.05) is 5.69 Å². The van der Waals surface area contributed by atoms with Crippen LogP contribution >= 0.6 is 0 Å². The van der Waals surface area contributed by atoms with Gasteiger partial charge in [0.1, 0.15) is 0 Å². The van der Waals surface area contributed by atoms with Gasteiger partial charge in [0.15, 0.2) is 2.82 Å². The number of alkyl halides is 3. The molecule has 0 heterocycles. The molecule has 0 bridgehead atoms. The minimum Gasteiger partial charge on any atom is -0.399 e. The summed E-state index contributed by atoms with van der Waals surface area (Å²) < 4.78 is 64.6. The van der Waals surface area contributed by atoms with Crippen molar-refractivity contribution in [3.05, 3.63) is 29.8 Å². The maximum Gasteiger partial charge on any atom is 0.416 e. The molecule has 60 valence electrons. The maximum atomic E-state index is 12.3. The molecular weight excluding hydrogens is 155 g/mol. The third kappa shape index (κ3) is 1.86. The first-order valence-electron chi connectivity index (χ1n) is 4.60. The topological polar surface area (TPSA) is 26.0 Å². The summed E-state index contributed by atoms with van der Waals surface area (Å²) in [4.78, 5) is 0. The van der Waals surface area contributed by atoms with Crippen LogP contribution in [-0.2, 0) is 6.18 Å². The van der Waals surface area contributed by atoms with Crippen molar-refractivity contribution in [3.8, 4) is 0 Å². The SMILES string of the molecule is [2H]c1c(N([2H])[2H])ccc(C(F)(F)F)c1[2H]. The van der Waals surface area contributed by atoms with Crippen LogP contribution in [0.25, 0.3) is 0 Å². The van der Waals surface area contributed by atoms with Gasteiger partial charge in [-0.2, -0.15) is 13.2 Å².